The summed E-state index contributed by atoms with van der Waals surface area (Å²) in [7, 11) is 0. The first-order valence-electron chi connectivity index (χ1n) is 3.54. The van der Waals surface area contributed by atoms with Crippen molar-refractivity contribution < 1.29 is 0 Å². The molecular weight excluding hydrogens is 140 g/mol. The lowest BCUT2D eigenvalue weighted by molar-refractivity contribution is 0.408. The second kappa shape index (κ2) is 3.88. The molecule has 1 unspecified atom stereocenters. The largest absolute Gasteiger partial charge is 0.292 e. The van der Waals surface area contributed by atoms with E-state index in [0.29, 0.717) is 0 Å². The summed E-state index contributed by atoms with van der Waals surface area (Å²) in [5.41, 5.74) is 0. The Morgan fingerprint density at radius 1 is 1.82 bits per heavy atom. The van der Waals surface area contributed by atoms with E-state index in [2.05, 4.69) is 22.2 Å². The molecule has 60 valence electrons. The van der Waals surface area contributed by atoms with Gasteiger partial charge in [-0.05, 0) is 6.92 Å². The Bertz CT molecular complexity index is 204. The fourth-order valence-corrected chi connectivity index (χ4v) is 0.771. The fourth-order valence-electron chi connectivity index (χ4n) is 0.771. The first-order chi connectivity index (χ1) is 5.34. The SMILES string of the molecule is C=CCNC(C)n1ccnn1. The predicted molar refractivity (Wildman–Crippen MR) is 42.9 cm³/mol. The number of hydrogen-bond acceptors (Lipinski definition) is 3. The highest BCUT2D eigenvalue weighted by molar-refractivity contribution is 4.73. The molecule has 0 saturated carbocycles. The summed E-state index contributed by atoms with van der Waals surface area (Å²) in [6.07, 6.45) is 5.47. The van der Waals surface area contributed by atoms with E-state index in [-0.39, 0.29) is 6.17 Å². The molecular formula is C7H12N4. The zero-order valence-electron chi connectivity index (χ0n) is 6.57. The quantitative estimate of drug-likeness (QED) is 0.641. The summed E-state index contributed by atoms with van der Waals surface area (Å²) in [4.78, 5) is 0. The van der Waals surface area contributed by atoms with Crippen LogP contribution in [0.2, 0.25) is 0 Å². The normalized spacial score (nSPS) is 12.8. The first-order valence-corrected chi connectivity index (χ1v) is 3.54. The molecule has 1 heterocycles. The summed E-state index contributed by atoms with van der Waals surface area (Å²) in [6, 6.07) is 0. The minimum Gasteiger partial charge on any atom is -0.292 e. The van der Waals surface area contributed by atoms with Gasteiger partial charge in [0.05, 0.1) is 6.20 Å². The van der Waals surface area contributed by atoms with Crippen LogP contribution in [-0.4, -0.2) is 21.5 Å². The van der Waals surface area contributed by atoms with E-state index in [0.717, 1.165) is 6.54 Å². The van der Waals surface area contributed by atoms with Gasteiger partial charge in [0.2, 0.25) is 0 Å². The third-order valence-electron chi connectivity index (χ3n) is 1.40. The highest BCUT2D eigenvalue weighted by atomic mass is 15.5. The number of nitrogens with zero attached hydrogens (tertiary/aromatic N) is 3. The van der Waals surface area contributed by atoms with E-state index >= 15 is 0 Å². The van der Waals surface area contributed by atoms with Crippen molar-refractivity contribution in [1.29, 1.82) is 0 Å². The molecule has 1 atom stereocenters. The van der Waals surface area contributed by atoms with E-state index in [1.54, 1.807) is 10.9 Å². The zero-order chi connectivity index (χ0) is 8.10. The topological polar surface area (TPSA) is 42.7 Å². The molecule has 0 radical (unpaired) electrons. The lowest BCUT2D eigenvalue weighted by atomic mass is 10.5. The average Bonchev–Trinajstić information content (AvgIpc) is 2.52. The minimum absolute atomic E-state index is 0.176. The van der Waals surface area contributed by atoms with Crippen LogP contribution >= 0.6 is 0 Å². The van der Waals surface area contributed by atoms with Gasteiger partial charge >= 0.3 is 0 Å². The lowest BCUT2D eigenvalue weighted by Crippen LogP contribution is -2.24. The molecule has 0 spiro atoms. The van der Waals surface area contributed by atoms with Crippen LogP contribution in [0.15, 0.2) is 25.0 Å². The highest BCUT2D eigenvalue weighted by Crippen LogP contribution is 1.95. The van der Waals surface area contributed by atoms with E-state index in [4.69, 9.17) is 0 Å². The molecule has 0 bridgehead atoms. The monoisotopic (exact) mass is 152 g/mol. The predicted octanol–water partition coefficient (Wildman–Crippen LogP) is 0.572. The van der Waals surface area contributed by atoms with Crippen molar-refractivity contribution in [2.24, 2.45) is 0 Å². The Labute approximate surface area is 65.9 Å². The van der Waals surface area contributed by atoms with Crippen LogP contribution in [0, 0.1) is 0 Å². The highest BCUT2D eigenvalue weighted by Gasteiger charge is 2.00. The molecule has 1 rings (SSSR count). The van der Waals surface area contributed by atoms with Crippen LogP contribution in [0.25, 0.3) is 0 Å². The third kappa shape index (κ3) is 2.16. The summed E-state index contributed by atoms with van der Waals surface area (Å²) >= 11 is 0. The summed E-state index contributed by atoms with van der Waals surface area (Å²) in [5, 5.41) is 10.7. The maximum absolute atomic E-state index is 3.84. The molecule has 0 saturated heterocycles. The van der Waals surface area contributed by atoms with Gasteiger partial charge in [-0.3, -0.25) is 5.32 Å². The van der Waals surface area contributed by atoms with E-state index in [9.17, 15) is 0 Å². The average molecular weight is 152 g/mol. The molecule has 11 heavy (non-hydrogen) atoms. The maximum Gasteiger partial charge on any atom is 0.100 e. The molecule has 0 fully saturated rings. The van der Waals surface area contributed by atoms with Crippen LogP contribution in [0.5, 0.6) is 0 Å². The van der Waals surface area contributed by atoms with E-state index in [1.807, 2.05) is 19.2 Å². The Hall–Kier alpha value is -1.16. The van der Waals surface area contributed by atoms with Gasteiger partial charge in [0, 0.05) is 12.7 Å². The summed E-state index contributed by atoms with van der Waals surface area (Å²) in [5.74, 6) is 0. The van der Waals surface area contributed by atoms with E-state index < -0.39 is 0 Å². The van der Waals surface area contributed by atoms with Crippen LogP contribution in [0.4, 0.5) is 0 Å². The molecule has 4 nitrogen and oxygen atoms in total. The van der Waals surface area contributed by atoms with Gasteiger partial charge in [0.25, 0.3) is 0 Å². The molecule has 0 aliphatic carbocycles. The Morgan fingerprint density at radius 3 is 3.18 bits per heavy atom. The second-order valence-corrected chi connectivity index (χ2v) is 2.26. The smallest absolute Gasteiger partial charge is 0.100 e. The van der Waals surface area contributed by atoms with E-state index in [1.165, 1.54) is 0 Å². The van der Waals surface area contributed by atoms with Crippen LogP contribution in [0.3, 0.4) is 0 Å². The molecule has 1 aromatic heterocycles. The molecule has 0 aromatic carbocycles. The van der Waals surface area contributed by atoms with Gasteiger partial charge in [-0.1, -0.05) is 11.3 Å². The van der Waals surface area contributed by atoms with Crippen molar-refractivity contribution in [3.63, 3.8) is 0 Å². The number of nitrogens with one attached hydrogen (secondary N) is 1. The Kier molecular flexibility index (Phi) is 2.80. The van der Waals surface area contributed by atoms with Crippen molar-refractivity contribution in [3.05, 3.63) is 25.0 Å². The number of aromatic nitrogens is 3. The Balaban J connectivity index is 2.42. The first kappa shape index (κ1) is 7.94. The molecule has 0 aliphatic heterocycles. The number of rotatable bonds is 4. The van der Waals surface area contributed by atoms with Gasteiger partial charge in [0.15, 0.2) is 0 Å². The molecule has 0 aliphatic rings. The van der Waals surface area contributed by atoms with Gasteiger partial charge in [-0.15, -0.1) is 11.7 Å². The zero-order valence-corrected chi connectivity index (χ0v) is 6.57. The van der Waals surface area contributed by atoms with Crippen LogP contribution in [0.1, 0.15) is 13.1 Å². The molecule has 1 aromatic rings. The fraction of sp³-hybridized carbons (Fsp3) is 0.429. The molecule has 0 amide bonds. The maximum atomic E-state index is 3.84. The van der Waals surface area contributed by atoms with Crippen LogP contribution in [-0.2, 0) is 0 Å². The molecule has 1 N–H and O–H groups in total. The van der Waals surface area contributed by atoms with Crippen molar-refractivity contribution in [2.45, 2.75) is 13.1 Å². The number of hydrogen-bond donors (Lipinski definition) is 1. The summed E-state index contributed by atoms with van der Waals surface area (Å²) in [6.45, 7) is 6.40. The minimum atomic E-state index is 0.176. The van der Waals surface area contributed by atoms with Gasteiger partial charge < -0.3 is 0 Å². The van der Waals surface area contributed by atoms with Crippen molar-refractivity contribution in [1.82, 2.24) is 20.3 Å². The van der Waals surface area contributed by atoms with Gasteiger partial charge in [-0.25, -0.2) is 4.68 Å². The Morgan fingerprint density at radius 2 is 2.64 bits per heavy atom. The summed E-state index contributed by atoms with van der Waals surface area (Å²) < 4.78 is 1.75. The molecule has 4 heteroatoms. The lowest BCUT2D eigenvalue weighted by Gasteiger charge is -2.10. The van der Waals surface area contributed by atoms with Gasteiger partial charge in [0.1, 0.15) is 6.17 Å². The van der Waals surface area contributed by atoms with Crippen molar-refractivity contribution in [3.8, 4) is 0 Å². The second-order valence-electron chi connectivity index (χ2n) is 2.26. The van der Waals surface area contributed by atoms with Crippen molar-refractivity contribution >= 4 is 0 Å². The van der Waals surface area contributed by atoms with Gasteiger partial charge in [-0.2, -0.15) is 0 Å². The van der Waals surface area contributed by atoms with Crippen molar-refractivity contribution in [2.75, 3.05) is 6.54 Å². The standard InChI is InChI=1S/C7H12N4/c1-3-4-8-7(2)11-6-5-9-10-11/h3,5-8H,1,4H2,2H3. The van der Waals surface area contributed by atoms with Crippen LogP contribution < -0.4 is 5.32 Å². The third-order valence-corrected chi connectivity index (χ3v) is 1.40.